The lowest BCUT2D eigenvalue weighted by Crippen LogP contribution is -2.19. The normalized spacial score (nSPS) is 11.8. The number of alkyl halides is 3. The van der Waals surface area contributed by atoms with Crippen LogP contribution >= 0.6 is 15.9 Å². The number of anilines is 1. The van der Waals surface area contributed by atoms with Crippen molar-refractivity contribution in [1.82, 2.24) is 9.78 Å². The zero-order valence-electron chi connectivity index (χ0n) is 9.38. The second kappa shape index (κ2) is 4.84. The van der Waals surface area contributed by atoms with E-state index in [0.29, 0.717) is 10.2 Å². The van der Waals surface area contributed by atoms with E-state index in [0.717, 1.165) is 0 Å². The Balaban J connectivity index is 2.36. The van der Waals surface area contributed by atoms with Gasteiger partial charge in [0.2, 0.25) is 0 Å². The van der Waals surface area contributed by atoms with E-state index in [4.69, 9.17) is 5.73 Å². The van der Waals surface area contributed by atoms with Gasteiger partial charge in [-0.05, 0) is 28.1 Å². The number of nitrogens with two attached hydrogens (primary N) is 1. The molecule has 1 aromatic heterocycles. The maximum atomic E-state index is 13.4. The van der Waals surface area contributed by atoms with E-state index >= 15 is 0 Å². The summed E-state index contributed by atoms with van der Waals surface area (Å²) >= 11 is 2.99. The highest BCUT2D eigenvalue weighted by Crippen LogP contribution is 2.26. The molecule has 2 aromatic rings. The Hall–Kier alpha value is -1.57. The van der Waals surface area contributed by atoms with Crippen LogP contribution in [0.15, 0.2) is 28.7 Å². The minimum Gasteiger partial charge on any atom is -0.384 e. The highest BCUT2D eigenvalue weighted by molar-refractivity contribution is 9.10. The van der Waals surface area contributed by atoms with E-state index in [1.54, 1.807) is 0 Å². The van der Waals surface area contributed by atoms with Gasteiger partial charge in [-0.1, -0.05) is 6.07 Å². The van der Waals surface area contributed by atoms with E-state index in [1.807, 2.05) is 0 Å². The van der Waals surface area contributed by atoms with Crippen molar-refractivity contribution in [3.63, 3.8) is 0 Å². The molecule has 0 amide bonds. The summed E-state index contributed by atoms with van der Waals surface area (Å²) in [6.45, 7) is -1.28. The van der Waals surface area contributed by atoms with Crippen molar-refractivity contribution in [2.24, 2.45) is 0 Å². The molecule has 19 heavy (non-hydrogen) atoms. The van der Waals surface area contributed by atoms with Gasteiger partial charge < -0.3 is 5.73 Å². The largest absolute Gasteiger partial charge is 0.408 e. The van der Waals surface area contributed by atoms with E-state index < -0.39 is 18.5 Å². The lowest BCUT2D eigenvalue weighted by atomic mass is 10.1. The summed E-state index contributed by atoms with van der Waals surface area (Å²) in [6.07, 6.45) is -4.41. The van der Waals surface area contributed by atoms with E-state index in [2.05, 4.69) is 21.0 Å². The number of aromatic nitrogens is 2. The molecule has 102 valence electrons. The summed E-state index contributed by atoms with van der Waals surface area (Å²) in [5.74, 6) is -0.655. The Kier molecular flexibility index (Phi) is 3.53. The Labute approximate surface area is 114 Å². The highest BCUT2D eigenvalue weighted by atomic mass is 79.9. The van der Waals surface area contributed by atoms with Crippen LogP contribution in [0, 0.1) is 5.82 Å². The number of nitrogens with zero attached hydrogens (tertiary/aromatic N) is 2. The van der Waals surface area contributed by atoms with E-state index in [-0.39, 0.29) is 16.0 Å². The van der Waals surface area contributed by atoms with Crippen molar-refractivity contribution in [1.29, 1.82) is 0 Å². The number of hydrogen-bond donors (Lipinski definition) is 1. The van der Waals surface area contributed by atoms with Crippen LogP contribution in [-0.4, -0.2) is 16.0 Å². The third-order valence-corrected chi connectivity index (χ3v) is 3.00. The number of halogens is 5. The molecule has 2 rings (SSSR count). The Morgan fingerprint density at radius 1 is 1.26 bits per heavy atom. The number of rotatable bonds is 2. The average Bonchev–Trinajstić information content (AvgIpc) is 2.62. The van der Waals surface area contributed by atoms with Crippen LogP contribution < -0.4 is 5.73 Å². The molecule has 0 aliphatic carbocycles. The van der Waals surface area contributed by atoms with Crippen molar-refractivity contribution >= 4 is 21.7 Å². The average molecular weight is 338 g/mol. The molecule has 0 bridgehead atoms. The zero-order valence-corrected chi connectivity index (χ0v) is 11.0. The molecule has 0 aliphatic rings. The first-order valence-corrected chi connectivity index (χ1v) is 5.91. The fourth-order valence-corrected chi connectivity index (χ4v) is 1.77. The van der Waals surface area contributed by atoms with Gasteiger partial charge in [0.1, 0.15) is 18.2 Å². The molecule has 0 saturated heterocycles. The summed E-state index contributed by atoms with van der Waals surface area (Å²) in [5, 5.41) is 3.73. The van der Waals surface area contributed by atoms with Crippen LogP contribution in [-0.2, 0) is 6.54 Å². The predicted molar refractivity (Wildman–Crippen MR) is 65.8 cm³/mol. The van der Waals surface area contributed by atoms with Crippen LogP contribution in [0.1, 0.15) is 0 Å². The van der Waals surface area contributed by atoms with Crippen molar-refractivity contribution in [3.8, 4) is 11.3 Å². The number of hydrogen-bond acceptors (Lipinski definition) is 2. The Morgan fingerprint density at radius 2 is 1.95 bits per heavy atom. The van der Waals surface area contributed by atoms with Crippen LogP contribution in [0.4, 0.5) is 23.4 Å². The van der Waals surface area contributed by atoms with E-state index in [9.17, 15) is 17.6 Å². The van der Waals surface area contributed by atoms with Gasteiger partial charge in [-0.25, -0.2) is 9.07 Å². The van der Waals surface area contributed by atoms with Crippen molar-refractivity contribution in [2.45, 2.75) is 12.7 Å². The Morgan fingerprint density at radius 3 is 2.53 bits per heavy atom. The summed E-state index contributed by atoms with van der Waals surface area (Å²) < 4.78 is 51.1. The molecule has 2 N–H and O–H groups in total. The first-order chi connectivity index (χ1) is 8.76. The fraction of sp³-hybridized carbons (Fsp3) is 0.182. The van der Waals surface area contributed by atoms with Gasteiger partial charge in [-0.15, -0.1) is 0 Å². The summed E-state index contributed by atoms with van der Waals surface area (Å²) in [4.78, 5) is 0. The minimum atomic E-state index is -4.41. The molecule has 0 unspecified atom stereocenters. The summed E-state index contributed by atoms with van der Waals surface area (Å²) in [6, 6.07) is 5.43. The molecule has 0 aliphatic heterocycles. The van der Waals surface area contributed by atoms with Crippen LogP contribution in [0.5, 0.6) is 0 Å². The molecule has 1 heterocycles. The molecule has 8 heteroatoms. The van der Waals surface area contributed by atoms with Crippen LogP contribution in [0.25, 0.3) is 11.3 Å². The second-order valence-electron chi connectivity index (χ2n) is 3.86. The fourth-order valence-electron chi connectivity index (χ4n) is 1.52. The van der Waals surface area contributed by atoms with Gasteiger partial charge in [0, 0.05) is 11.6 Å². The first kappa shape index (κ1) is 13.9. The standard InChI is InChI=1S/C11H8BrF4N3/c12-7-2-1-6(3-8(7)13)9-4-10(17)19(18-9)5-11(14,15)16/h1-4H,5,17H2. The first-order valence-electron chi connectivity index (χ1n) is 5.12. The van der Waals surface area contributed by atoms with Crippen molar-refractivity contribution in [2.75, 3.05) is 5.73 Å². The van der Waals surface area contributed by atoms with Crippen LogP contribution in [0.2, 0.25) is 0 Å². The minimum absolute atomic E-state index is 0.129. The maximum absolute atomic E-state index is 13.4. The van der Waals surface area contributed by atoms with Crippen molar-refractivity contribution < 1.29 is 17.6 Å². The summed E-state index contributed by atoms with van der Waals surface area (Å²) in [7, 11) is 0. The third kappa shape index (κ3) is 3.25. The lowest BCUT2D eigenvalue weighted by Gasteiger charge is -2.07. The van der Waals surface area contributed by atoms with Gasteiger partial charge >= 0.3 is 6.18 Å². The zero-order chi connectivity index (χ0) is 14.2. The lowest BCUT2D eigenvalue weighted by molar-refractivity contribution is -0.142. The van der Waals surface area contributed by atoms with Gasteiger partial charge in [-0.2, -0.15) is 18.3 Å². The van der Waals surface area contributed by atoms with Crippen LogP contribution in [0.3, 0.4) is 0 Å². The maximum Gasteiger partial charge on any atom is 0.408 e. The quantitative estimate of drug-likeness (QED) is 0.851. The number of nitrogen functional groups attached to an aromatic ring is 1. The Bertz CT molecular complexity index is 606. The van der Waals surface area contributed by atoms with Gasteiger partial charge in [-0.3, -0.25) is 0 Å². The predicted octanol–water partition coefficient (Wildman–Crippen LogP) is 3.60. The molecule has 0 fully saturated rings. The topological polar surface area (TPSA) is 43.8 Å². The summed E-state index contributed by atoms with van der Waals surface area (Å²) in [5.41, 5.74) is 5.99. The molecule has 0 spiro atoms. The molecular formula is C11H8BrF4N3. The highest BCUT2D eigenvalue weighted by Gasteiger charge is 2.29. The molecule has 0 radical (unpaired) electrons. The molecule has 3 nitrogen and oxygen atoms in total. The smallest absolute Gasteiger partial charge is 0.384 e. The van der Waals surface area contributed by atoms with Gasteiger partial charge in [0.15, 0.2) is 0 Å². The van der Waals surface area contributed by atoms with Gasteiger partial charge in [0.05, 0.1) is 10.2 Å². The number of benzene rings is 1. The van der Waals surface area contributed by atoms with Crippen molar-refractivity contribution in [3.05, 3.63) is 34.6 Å². The molecule has 1 aromatic carbocycles. The third-order valence-electron chi connectivity index (χ3n) is 2.36. The SMILES string of the molecule is Nc1cc(-c2ccc(Br)c(F)c2)nn1CC(F)(F)F. The molecule has 0 atom stereocenters. The molecule has 0 saturated carbocycles. The van der Waals surface area contributed by atoms with Gasteiger partial charge in [0.25, 0.3) is 0 Å². The van der Waals surface area contributed by atoms with E-state index in [1.165, 1.54) is 24.3 Å². The second-order valence-corrected chi connectivity index (χ2v) is 4.71. The monoisotopic (exact) mass is 337 g/mol. The molecular weight excluding hydrogens is 330 g/mol.